The van der Waals surface area contributed by atoms with Gasteiger partial charge in [-0.3, -0.25) is 4.79 Å². The van der Waals surface area contributed by atoms with Crippen LogP contribution in [-0.2, 0) is 75.8 Å². The third-order valence-electron chi connectivity index (χ3n) is 21.6. The molecule has 19 heteroatoms. The molecule has 450 valence electrons. The molecule has 0 saturated carbocycles. The summed E-state index contributed by atoms with van der Waals surface area (Å²) in [7, 11) is 0. The Bertz CT molecular complexity index is 2390. The predicted molar refractivity (Wildman–Crippen MR) is 286 cm³/mol. The first-order valence-corrected chi connectivity index (χ1v) is 31.4. The number of esters is 1. The van der Waals surface area contributed by atoms with Crippen LogP contribution in [-0.4, -0.2) is 182 Å². The van der Waals surface area contributed by atoms with Gasteiger partial charge in [0.1, 0.15) is 24.9 Å². The molecule has 0 aromatic carbocycles. The molecule has 3 spiro atoms. The fourth-order valence-electron chi connectivity index (χ4n) is 17.7. The molecule has 19 nitrogen and oxygen atoms in total. The number of hydrogen-bond donors (Lipinski definition) is 2. The summed E-state index contributed by atoms with van der Waals surface area (Å²) in [6.45, 7) is 21.6. The molecule has 0 radical (unpaired) electrons. The summed E-state index contributed by atoms with van der Waals surface area (Å²) < 4.78 is 102. The molecule has 2 N–H and O–H groups in total. The van der Waals surface area contributed by atoms with Gasteiger partial charge in [0.2, 0.25) is 0 Å². The van der Waals surface area contributed by atoms with Crippen LogP contribution in [0.4, 0.5) is 4.79 Å². The molecule has 14 aliphatic heterocycles. The molecule has 1 unspecified atom stereocenters. The zero-order chi connectivity index (χ0) is 55.7. The number of aliphatic hydroxyl groups is 1. The van der Waals surface area contributed by atoms with Gasteiger partial charge in [0.05, 0.1) is 122 Å². The molecule has 0 aromatic rings. The Labute approximate surface area is 476 Å². The van der Waals surface area contributed by atoms with Crippen molar-refractivity contribution >= 4 is 12.1 Å². The average Bonchev–Trinajstić information content (AvgIpc) is 3.33. The van der Waals surface area contributed by atoms with Crippen molar-refractivity contribution in [3.05, 3.63) is 37.0 Å². The maximum Gasteiger partial charge on any atom is 0.407 e. The summed E-state index contributed by atoms with van der Waals surface area (Å²) in [4.78, 5) is 26.7. The van der Waals surface area contributed by atoms with E-state index in [2.05, 4.69) is 52.7 Å². The maximum atomic E-state index is 14.5. The van der Waals surface area contributed by atoms with Crippen molar-refractivity contribution in [1.29, 1.82) is 0 Å². The first-order chi connectivity index (χ1) is 39.0. The second kappa shape index (κ2) is 22.0. The Hall–Kier alpha value is -2.60. The lowest BCUT2D eigenvalue weighted by atomic mass is 9.78. The van der Waals surface area contributed by atoms with Gasteiger partial charge in [0, 0.05) is 76.7 Å². The standard InChI is InChI=1S/C62H89NO18/c1-8-17-67-59(66)63-29-52-39(64)21-48-54(74-52)32(4)25-61(79-48)26-33(5)55-51(80-61)28-62(81-55)27-50-45(77-62)24-47-56(73-50)35(7)57-46(72-47)22-43-34(6)30(2)18-36(69-43)9-11-40-31(3)19-38(68-40)13-15-60-16-14-41(76-60)44-23-49(78-60)58-42(71-44)12-10-37(70-58)20-53(65)75-57/h8,30,32-33,35-52,54-58,64H,1,3,6,9-29H2,2,4-5,7H3,(H,63,66)/t30-,32+,33+,35+,36+,37-,38+,39-,40+,41?,42+,43-,44-,45-,46+,47+,48+,49-,50-,51+,52-,54+,55+,56+,57-,58+,60+,61-,62+/m1/s1. The summed E-state index contributed by atoms with van der Waals surface area (Å²) >= 11 is 0. The second-order valence-corrected chi connectivity index (χ2v) is 27.4. The van der Waals surface area contributed by atoms with Gasteiger partial charge in [-0.1, -0.05) is 53.5 Å². The van der Waals surface area contributed by atoms with E-state index in [4.69, 9.17) is 71.1 Å². The lowest BCUT2D eigenvalue weighted by Gasteiger charge is -2.54. The summed E-state index contributed by atoms with van der Waals surface area (Å²) in [5, 5.41) is 13.9. The molecule has 14 saturated heterocycles. The Morgan fingerprint density at radius 1 is 0.580 bits per heavy atom. The fourth-order valence-corrected chi connectivity index (χ4v) is 17.7. The third kappa shape index (κ3) is 10.7. The van der Waals surface area contributed by atoms with E-state index in [-0.39, 0.29) is 153 Å². The van der Waals surface area contributed by atoms with E-state index in [9.17, 15) is 14.7 Å². The van der Waals surface area contributed by atoms with Gasteiger partial charge >= 0.3 is 12.1 Å². The highest BCUT2D eigenvalue weighted by Crippen LogP contribution is 2.56. The Morgan fingerprint density at radius 3 is 2.11 bits per heavy atom. The monoisotopic (exact) mass is 1140 g/mol. The lowest BCUT2D eigenvalue weighted by Crippen LogP contribution is -2.63. The number of nitrogens with one attached hydrogen (secondary N) is 1. The highest BCUT2D eigenvalue weighted by Gasteiger charge is 2.66. The molecular weight excluding hydrogens is 1050 g/mol. The molecule has 29 atom stereocenters. The number of carbonyl (C=O) groups is 2. The quantitative estimate of drug-likeness (QED) is 0.213. The number of amides is 1. The van der Waals surface area contributed by atoms with Crippen LogP contribution in [0.2, 0.25) is 0 Å². The van der Waals surface area contributed by atoms with Crippen LogP contribution < -0.4 is 5.32 Å². The van der Waals surface area contributed by atoms with Crippen molar-refractivity contribution in [3.63, 3.8) is 0 Å². The van der Waals surface area contributed by atoms with E-state index in [1.807, 2.05) is 0 Å². The van der Waals surface area contributed by atoms with E-state index in [0.717, 1.165) is 68.9 Å². The molecule has 0 aliphatic carbocycles. The van der Waals surface area contributed by atoms with Gasteiger partial charge in [0.25, 0.3) is 0 Å². The molecule has 0 aromatic heterocycles. The van der Waals surface area contributed by atoms with Gasteiger partial charge in [-0.15, -0.1) is 0 Å². The summed E-state index contributed by atoms with van der Waals surface area (Å²) in [6.07, 6.45) is 6.95. The van der Waals surface area contributed by atoms with Crippen molar-refractivity contribution < 1.29 is 85.7 Å². The first-order valence-electron chi connectivity index (χ1n) is 31.4. The summed E-state index contributed by atoms with van der Waals surface area (Å²) in [6, 6.07) is 0. The number of aliphatic hydroxyl groups excluding tert-OH is 1. The Kier molecular flexibility index (Phi) is 15.2. The van der Waals surface area contributed by atoms with Gasteiger partial charge in [-0.25, -0.2) is 4.79 Å². The van der Waals surface area contributed by atoms with Gasteiger partial charge in [-0.2, -0.15) is 0 Å². The topological polar surface area (TPSA) is 205 Å². The van der Waals surface area contributed by atoms with E-state index < -0.39 is 54.0 Å². The fraction of sp³-hybridized carbons (Fsp3) is 0.871. The van der Waals surface area contributed by atoms with Gasteiger partial charge in [-0.05, 0) is 80.3 Å². The van der Waals surface area contributed by atoms with Crippen molar-refractivity contribution in [2.45, 2.75) is 301 Å². The van der Waals surface area contributed by atoms with E-state index in [0.29, 0.717) is 57.8 Å². The first kappa shape index (κ1) is 56.2. The smallest absolute Gasteiger partial charge is 0.407 e. The van der Waals surface area contributed by atoms with Crippen molar-refractivity contribution in [2.24, 2.45) is 23.7 Å². The van der Waals surface area contributed by atoms with Crippen LogP contribution in [0, 0.1) is 23.7 Å². The van der Waals surface area contributed by atoms with Crippen LogP contribution in [0.1, 0.15) is 150 Å². The minimum absolute atomic E-state index is 0.0107. The molecule has 14 aliphatic rings. The van der Waals surface area contributed by atoms with E-state index >= 15 is 0 Å². The molecule has 14 heterocycles. The minimum atomic E-state index is -0.932. The Morgan fingerprint density at radius 2 is 1.26 bits per heavy atom. The summed E-state index contributed by atoms with van der Waals surface area (Å²) in [5.41, 5.74) is 2.17. The Balaban J connectivity index is 0.666. The average molecular weight is 1140 g/mol. The SMILES string of the molecule is C=CCOC(=O)NC[C@H]1O[C@@H]2[C@H](C[C@H]1O)O[C@@]1(C[C@@H]2C)C[C@H](C)[C@@H]2O[C@]3(C[C@@H]2O1)C[C@H]1O[C@H]2[C@H](C)[C@H]4OC(=O)C[C@H]5CC[C@@H]6O[C@@H]7C[C@@H](O[C@]8(CCC7O8)CC[C@H]7CC(=C)[C@H](CC[C@H]8C[C@@H](C)C(=C)[C@@H](C[C@@H]4O[C@H]2C[C@H]1O3)O8)O7)[C@H]6O5. The molecule has 81 heavy (non-hydrogen) atoms. The highest BCUT2D eigenvalue weighted by molar-refractivity contribution is 5.70. The molecular formula is C62H89NO18. The number of hydrogen-bond acceptors (Lipinski definition) is 18. The number of rotatable bonds is 4. The van der Waals surface area contributed by atoms with E-state index in [1.165, 1.54) is 6.08 Å². The van der Waals surface area contributed by atoms with Crippen LogP contribution in [0.5, 0.6) is 0 Å². The van der Waals surface area contributed by atoms with Crippen molar-refractivity contribution in [3.8, 4) is 0 Å². The molecule has 1 amide bonds. The zero-order valence-electron chi connectivity index (χ0n) is 47.9. The normalized spacial score (nSPS) is 53.9. The van der Waals surface area contributed by atoms with Crippen LogP contribution >= 0.6 is 0 Å². The highest BCUT2D eigenvalue weighted by atomic mass is 16.8. The number of fused-ring (bicyclic) bond motifs is 13. The van der Waals surface area contributed by atoms with Gasteiger partial charge in [0.15, 0.2) is 17.4 Å². The van der Waals surface area contributed by atoms with Crippen molar-refractivity contribution in [1.82, 2.24) is 5.32 Å². The second-order valence-electron chi connectivity index (χ2n) is 27.4. The molecule has 14 fully saturated rings. The summed E-state index contributed by atoms with van der Waals surface area (Å²) in [5.74, 6) is -2.74. The zero-order valence-corrected chi connectivity index (χ0v) is 47.9. The maximum absolute atomic E-state index is 14.5. The van der Waals surface area contributed by atoms with Crippen LogP contribution in [0.15, 0.2) is 37.0 Å². The minimum Gasteiger partial charge on any atom is -0.459 e. The van der Waals surface area contributed by atoms with E-state index in [1.54, 1.807) is 0 Å². The van der Waals surface area contributed by atoms with Crippen LogP contribution in [0.3, 0.4) is 0 Å². The molecule has 14 rings (SSSR count). The third-order valence-corrected chi connectivity index (χ3v) is 21.6. The number of ether oxygens (including phenoxy) is 15. The van der Waals surface area contributed by atoms with Crippen molar-refractivity contribution in [2.75, 3.05) is 13.2 Å². The number of alkyl carbamates (subject to hydrolysis) is 1. The largest absolute Gasteiger partial charge is 0.459 e. The number of carbonyl (C=O) groups excluding carboxylic acids is 2. The predicted octanol–water partition coefficient (Wildman–Crippen LogP) is 7.11. The van der Waals surface area contributed by atoms with Crippen LogP contribution in [0.25, 0.3) is 0 Å². The molecule has 10 bridgehead atoms. The lowest BCUT2D eigenvalue weighted by molar-refractivity contribution is -0.370. The van der Waals surface area contributed by atoms with Gasteiger partial charge < -0.3 is 81.5 Å².